The Hall–Kier alpha value is -3.62. The summed E-state index contributed by atoms with van der Waals surface area (Å²) in [6.07, 6.45) is 2.84. The van der Waals surface area contributed by atoms with E-state index in [1.54, 1.807) is 12.1 Å². The molecule has 1 heterocycles. The van der Waals surface area contributed by atoms with Crippen LogP contribution in [0.15, 0.2) is 47.1 Å². The summed E-state index contributed by atoms with van der Waals surface area (Å²) in [5, 5.41) is 13.3. The van der Waals surface area contributed by atoms with Crippen molar-refractivity contribution in [2.45, 2.75) is 13.0 Å². The van der Waals surface area contributed by atoms with Crippen LogP contribution in [-0.2, 0) is 14.3 Å². The molecule has 0 aliphatic carbocycles. The van der Waals surface area contributed by atoms with Gasteiger partial charge in [0.25, 0.3) is 11.6 Å². The number of carbonyl (C=O) groups is 2. The van der Waals surface area contributed by atoms with Crippen molar-refractivity contribution in [1.29, 1.82) is 0 Å². The number of nitrogens with one attached hydrogen (secondary N) is 1. The molecule has 0 bridgehead atoms. The fourth-order valence-corrected chi connectivity index (χ4v) is 1.94. The van der Waals surface area contributed by atoms with Gasteiger partial charge in [-0.05, 0) is 31.2 Å². The predicted octanol–water partition coefficient (Wildman–Crippen LogP) is 2.78. The minimum absolute atomic E-state index is 0.0979. The van der Waals surface area contributed by atoms with Crippen LogP contribution < -0.4 is 10.1 Å². The number of methoxy groups -OCH3 is 1. The second kappa shape index (κ2) is 8.47. The third-order valence-corrected chi connectivity index (χ3v) is 3.24. The Morgan fingerprint density at radius 3 is 2.73 bits per heavy atom. The normalized spacial score (nSPS) is 11.8. The number of nitrogens with zero attached hydrogens (tertiary/aromatic N) is 1. The van der Waals surface area contributed by atoms with Crippen molar-refractivity contribution in [2.24, 2.45) is 0 Å². The number of nitro benzene ring substituents is 1. The highest BCUT2D eigenvalue weighted by atomic mass is 16.6. The van der Waals surface area contributed by atoms with E-state index < -0.39 is 22.9 Å². The summed E-state index contributed by atoms with van der Waals surface area (Å²) >= 11 is 0. The lowest BCUT2D eigenvalue weighted by molar-refractivity contribution is -0.384. The zero-order chi connectivity index (χ0) is 19.1. The van der Waals surface area contributed by atoms with Gasteiger partial charge < -0.3 is 19.2 Å². The first kappa shape index (κ1) is 18.7. The van der Waals surface area contributed by atoms with Gasteiger partial charge in [0.15, 0.2) is 6.10 Å². The molecule has 9 heteroatoms. The third-order valence-electron chi connectivity index (χ3n) is 3.24. The van der Waals surface area contributed by atoms with E-state index in [1.165, 1.54) is 38.5 Å². The molecule has 136 valence electrons. The lowest BCUT2D eigenvalue weighted by Gasteiger charge is -2.14. The molecule has 0 fully saturated rings. The average molecular weight is 360 g/mol. The first-order valence-corrected chi connectivity index (χ1v) is 7.46. The van der Waals surface area contributed by atoms with Gasteiger partial charge in [-0.2, -0.15) is 0 Å². The highest BCUT2D eigenvalue weighted by Crippen LogP contribution is 2.29. The molecule has 0 aliphatic heterocycles. The molecule has 9 nitrogen and oxygen atoms in total. The van der Waals surface area contributed by atoms with E-state index in [9.17, 15) is 19.7 Å². The molecule has 0 aliphatic rings. The van der Waals surface area contributed by atoms with Crippen LogP contribution in [0.2, 0.25) is 0 Å². The first-order valence-electron chi connectivity index (χ1n) is 7.46. The molecule has 1 atom stereocenters. The maximum absolute atomic E-state index is 12.2. The number of carbonyl (C=O) groups excluding carboxylic acids is 2. The Kier molecular flexibility index (Phi) is 6.10. The van der Waals surface area contributed by atoms with E-state index in [-0.39, 0.29) is 17.1 Å². The van der Waals surface area contributed by atoms with E-state index >= 15 is 0 Å². The van der Waals surface area contributed by atoms with E-state index in [0.29, 0.717) is 5.76 Å². The summed E-state index contributed by atoms with van der Waals surface area (Å²) in [5.41, 5.74) is -0.118. The highest BCUT2D eigenvalue weighted by Gasteiger charge is 2.20. The quantitative estimate of drug-likeness (QED) is 0.349. The SMILES string of the molecule is COc1ccc([N+](=O)[O-])cc1NC(=O)C(C)OC(=O)/C=C/c1ccco1. The van der Waals surface area contributed by atoms with Gasteiger partial charge in [-0.15, -0.1) is 0 Å². The van der Waals surface area contributed by atoms with E-state index in [2.05, 4.69) is 5.32 Å². The zero-order valence-electron chi connectivity index (χ0n) is 14.0. The molecule has 1 aromatic heterocycles. The Bertz CT molecular complexity index is 828. The minimum Gasteiger partial charge on any atom is -0.495 e. The fraction of sp³-hybridized carbons (Fsp3) is 0.176. The summed E-state index contributed by atoms with van der Waals surface area (Å²) < 4.78 is 15.1. The van der Waals surface area contributed by atoms with E-state index in [0.717, 1.165) is 12.1 Å². The van der Waals surface area contributed by atoms with Crippen molar-refractivity contribution in [3.05, 3.63) is 58.5 Å². The van der Waals surface area contributed by atoms with Gasteiger partial charge >= 0.3 is 5.97 Å². The Morgan fingerprint density at radius 2 is 2.12 bits per heavy atom. The second-order valence-corrected chi connectivity index (χ2v) is 5.06. The van der Waals surface area contributed by atoms with Crippen molar-refractivity contribution >= 4 is 29.3 Å². The Morgan fingerprint density at radius 1 is 1.35 bits per heavy atom. The smallest absolute Gasteiger partial charge is 0.331 e. The Balaban J connectivity index is 2.01. The molecule has 2 aromatic rings. The molecular weight excluding hydrogens is 344 g/mol. The number of non-ortho nitro benzene ring substituents is 1. The summed E-state index contributed by atoms with van der Waals surface area (Å²) in [5.74, 6) is -0.709. The number of furan rings is 1. The molecule has 1 aromatic carbocycles. The number of rotatable bonds is 7. The van der Waals surface area contributed by atoms with Crippen molar-refractivity contribution < 1.29 is 28.4 Å². The lowest BCUT2D eigenvalue weighted by Crippen LogP contribution is -2.29. The zero-order valence-corrected chi connectivity index (χ0v) is 14.0. The standard InChI is InChI=1S/C17H16N2O7/c1-11(26-16(20)8-6-13-4-3-9-25-13)17(21)18-14-10-12(19(22)23)5-7-15(14)24-2/h3-11H,1-2H3,(H,18,21)/b8-6+. The molecule has 0 spiro atoms. The van der Waals surface area contributed by atoms with Gasteiger partial charge in [0.2, 0.25) is 0 Å². The van der Waals surface area contributed by atoms with Gasteiger partial charge in [-0.1, -0.05) is 0 Å². The van der Waals surface area contributed by atoms with Gasteiger partial charge in [-0.3, -0.25) is 14.9 Å². The number of amides is 1. The van der Waals surface area contributed by atoms with Crippen LogP contribution >= 0.6 is 0 Å². The molecule has 1 N–H and O–H groups in total. The number of ether oxygens (including phenoxy) is 2. The molecular formula is C17H16N2O7. The van der Waals surface area contributed by atoms with Crippen LogP contribution in [0.5, 0.6) is 5.75 Å². The summed E-state index contributed by atoms with van der Waals surface area (Å²) in [6, 6.07) is 7.07. The molecule has 1 amide bonds. The average Bonchev–Trinajstić information content (AvgIpc) is 3.13. The minimum atomic E-state index is -1.13. The maximum atomic E-state index is 12.2. The largest absolute Gasteiger partial charge is 0.495 e. The lowest BCUT2D eigenvalue weighted by atomic mass is 10.2. The predicted molar refractivity (Wildman–Crippen MR) is 91.6 cm³/mol. The topological polar surface area (TPSA) is 121 Å². The third kappa shape index (κ3) is 4.94. The number of hydrogen-bond acceptors (Lipinski definition) is 7. The van der Waals surface area contributed by atoms with Gasteiger partial charge in [-0.25, -0.2) is 4.79 Å². The molecule has 26 heavy (non-hydrogen) atoms. The summed E-state index contributed by atoms with van der Waals surface area (Å²) in [7, 11) is 1.36. The monoisotopic (exact) mass is 360 g/mol. The van der Waals surface area contributed by atoms with Crippen molar-refractivity contribution in [1.82, 2.24) is 0 Å². The number of hydrogen-bond donors (Lipinski definition) is 1. The Labute approximate surface area is 148 Å². The number of benzene rings is 1. The number of anilines is 1. The molecule has 2 rings (SSSR count). The van der Waals surface area contributed by atoms with Crippen LogP contribution in [-0.4, -0.2) is 30.0 Å². The van der Waals surface area contributed by atoms with Gasteiger partial charge in [0.1, 0.15) is 11.5 Å². The fourth-order valence-electron chi connectivity index (χ4n) is 1.94. The first-order chi connectivity index (χ1) is 12.4. The summed E-state index contributed by atoms with van der Waals surface area (Å²) in [4.78, 5) is 34.2. The van der Waals surface area contributed by atoms with Crippen LogP contribution in [0.3, 0.4) is 0 Å². The van der Waals surface area contributed by atoms with Crippen LogP contribution in [0, 0.1) is 10.1 Å². The van der Waals surface area contributed by atoms with Crippen molar-refractivity contribution in [3.63, 3.8) is 0 Å². The molecule has 0 saturated carbocycles. The van der Waals surface area contributed by atoms with E-state index in [1.807, 2.05) is 0 Å². The maximum Gasteiger partial charge on any atom is 0.331 e. The van der Waals surface area contributed by atoms with Gasteiger partial charge in [0.05, 0.1) is 24.0 Å². The van der Waals surface area contributed by atoms with Crippen LogP contribution in [0.25, 0.3) is 6.08 Å². The van der Waals surface area contributed by atoms with Crippen molar-refractivity contribution in [3.8, 4) is 5.75 Å². The number of esters is 1. The molecule has 0 radical (unpaired) electrons. The highest BCUT2D eigenvalue weighted by molar-refractivity contribution is 5.97. The van der Waals surface area contributed by atoms with Crippen LogP contribution in [0.4, 0.5) is 11.4 Å². The molecule has 0 saturated heterocycles. The van der Waals surface area contributed by atoms with Crippen molar-refractivity contribution in [2.75, 3.05) is 12.4 Å². The van der Waals surface area contributed by atoms with Crippen LogP contribution in [0.1, 0.15) is 12.7 Å². The second-order valence-electron chi connectivity index (χ2n) is 5.06. The molecule has 1 unspecified atom stereocenters. The number of nitro groups is 1. The van der Waals surface area contributed by atoms with Gasteiger partial charge in [0, 0.05) is 18.2 Å². The van der Waals surface area contributed by atoms with E-state index in [4.69, 9.17) is 13.9 Å². The summed E-state index contributed by atoms with van der Waals surface area (Å²) in [6.45, 7) is 1.37.